The fourth-order valence-electron chi connectivity index (χ4n) is 2.27. The molecule has 108 valence electrons. The van der Waals surface area contributed by atoms with E-state index in [2.05, 4.69) is 0 Å². The van der Waals surface area contributed by atoms with Gasteiger partial charge in [-0.05, 0) is 36.4 Å². The number of anilines is 2. The van der Waals surface area contributed by atoms with Crippen molar-refractivity contribution in [3.8, 4) is 5.75 Å². The van der Waals surface area contributed by atoms with Crippen molar-refractivity contribution < 1.29 is 14.3 Å². The van der Waals surface area contributed by atoms with Gasteiger partial charge in [0, 0.05) is 22.9 Å². The summed E-state index contributed by atoms with van der Waals surface area (Å²) in [6.45, 7) is 0.482. The first-order chi connectivity index (χ1) is 10.1. The molecule has 1 heterocycles. The number of halogens is 1. The van der Waals surface area contributed by atoms with Gasteiger partial charge in [0.25, 0.3) is 5.91 Å². The summed E-state index contributed by atoms with van der Waals surface area (Å²) in [6.07, 6.45) is 0. The van der Waals surface area contributed by atoms with E-state index in [9.17, 15) is 14.3 Å². The number of phenols is 1. The van der Waals surface area contributed by atoms with E-state index in [0.717, 1.165) is 22.8 Å². The van der Waals surface area contributed by atoms with E-state index < -0.39 is 11.7 Å². The summed E-state index contributed by atoms with van der Waals surface area (Å²) in [7, 11) is 0. The molecule has 1 aliphatic heterocycles. The largest absolute Gasteiger partial charge is 0.507 e. The second kappa shape index (κ2) is 5.29. The Kier molecular flexibility index (Phi) is 3.47. The van der Waals surface area contributed by atoms with Crippen LogP contribution in [0.25, 0.3) is 0 Å². The number of rotatable bonds is 1. The van der Waals surface area contributed by atoms with Crippen LogP contribution in [0.4, 0.5) is 15.8 Å². The molecule has 1 aliphatic rings. The average Bonchev–Trinajstić information content (AvgIpc) is 2.48. The van der Waals surface area contributed by atoms with Crippen molar-refractivity contribution >= 4 is 29.0 Å². The molecule has 0 aromatic heterocycles. The van der Waals surface area contributed by atoms with Gasteiger partial charge in [-0.2, -0.15) is 0 Å². The monoisotopic (exact) mass is 304 g/mol. The number of nitrogens with two attached hydrogens (primary N) is 1. The van der Waals surface area contributed by atoms with Gasteiger partial charge in [-0.3, -0.25) is 4.79 Å². The van der Waals surface area contributed by atoms with Gasteiger partial charge in [0.05, 0.1) is 11.3 Å². The Bertz CT molecular complexity index is 721. The Balaban J connectivity index is 2.04. The Labute approximate surface area is 125 Å². The van der Waals surface area contributed by atoms with Crippen molar-refractivity contribution in [1.29, 1.82) is 0 Å². The molecular formula is C15H13FN2O2S. The molecule has 0 saturated carbocycles. The molecule has 3 rings (SSSR count). The zero-order valence-corrected chi connectivity index (χ0v) is 11.9. The summed E-state index contributed by atoms with van der Waals surface area (Å²) in [5.41, 5.74) is 6.98. The minimum Gasteiger partial charge on any atom is -0.507 e. The van der Waals surface area contributed by atoms with Crippen LogP contribution in [0.15, 0.2) is 41.3 Å². The van der Waals surface area contributed by atoms with E-state index in [0.29, 0.717) is 17.9 Å². The Hall–Kier alpha value is -2.21. The van der Waals surface area contributed by atoms with Crippen LogP contribution in [0.3, 0.4) is 0 Å². The van der Waals surface area contributed by atoms with Crippen LogP contribution in [0, 0.1) is 5.82 Å². The number of aromatic hydroxyl groups is 1. The van der Waals surface area contributed by atoms with Crippen LogP contribution in [0.5, 0.6) is 5.75 Å². The third-order valence-electron chi connectivity index (χ3n) is 3.28. The smallest absolute Gasteiger partial charge is 0.262 e. The normalized spacial score (nSPS) is 13.9. The van der Waals surface area contributed by atoms with E-state index in [1.807, 2.05) is 6.07 Å². The minimum absolute atomic E-state index is 0.0460. The molecule has 0 aliphatic carbocycles. The number of hydrogen-bond donors (Lipinski definition) is 2. The molecule has 6 heteroatoms. The molecule has 0 bridgehead atoms. The first-order valence-electron chi connectivity index (χ1n) is 6.39. The maximum Gasteiger partial charge on any atom is 0.262 e. The Morgan fingerprint density at radius 2 is 2.10 bits per heavy atom. The summed E-state index contributed by atoms with van der Waals surface area (Å²) < 4.78 is 13.3. The van der Waals surface area contributed by atoms with Crippen LogP contribution in [-0.4, -0.2) is 23.3 Å². The lowest BCUT2D eigenvalue weighted by atomic mass is 10.1. The summed E-state index contributed by atoms with van der Waals surface area (Å²) in [4.78, 5) is 15.1. The fraction of sp³-hybridized carbons (Fsp3) is 0.133. The van der Waals surface area contributed by atoms with Gasteiger partial charge in [0.15, 0.2) is 0 Å². The minimum atomic E-state index is -0.560. The first-order valence-corrected chi connectivity index (χ1v) is 7.37. The molecule has 0 radical (unpaired) electrons. The van der Waals surface area contributed by atoms with Crippen molar-refractivity contribution in [2.24, 2.45) is 0 Å². The van der Waals surface area contributed by atoms with E-state index in [1.54, 1.807) is 23.9 Å². The van der Waals surface area contributed by atoms with Crippen LogP contribution in [0.2, 0.25) is 0 Å². The van der Waals surface area contributed by atoms with Crippen LogP contribution < -0.4 is 10.6 Å². The highest BCUT2D eigenvalue weighted by atomic mass is 32.2. The predicted molar refractivity (Wildman–Crippen MR) is 81.3 cm³/mol. The standard InChI is InChI=1S/C15H13FN2O2S/c16-9-1-3-13(19)11(7-9)15(20)18-5-6-21-14-4-2-10(17)8-12(14)18/h1-4,7-8,19H,5-6,17H2. The number of hydrogen-bond acceptors (Lipinski definition) is 4. The van der Waals surface area contributed by atoms with Gasteiger partial charge in [-0.1, -0.05) is 0 Å². The van der Waals surface area contributed by atoms with E-state index in [1.165, 1.54) is 11.0 Å². The van der Waals surface area contributed by atoms with Crippen molar-refractivity contribution in [2.75, 3.05) is 22.9 Å². The molecule has 21 heavy (non-hydrogen) atoms. The highest BCUT2D eigenvalue weighted by Crippen LogP contribution is 2.37. The predicted octanol–water partition coefficient (Wildman–Crippen LogP) is 2.87. The number of phenolic OH excluding ortho intramolecular Hbond substituents is 1. The second-order valence-corrected chi connectivity index (χ2v) is 5.83. The molecule has 0 saturated heterocycles. The molecular weight excluding hydrogens is 291 g/mol. The summed E-state index contributed by atoms with van der Waals surface area (Å²) in [5.74, 6) is -0.488. The van der Waals surface area contributed by atoms with Crippen LogP contribution in [0.1, 0.15) is 10.4 Å². The van der Waals surface area contributed by atoms with Crippen LogP contribution in [-0.2, 0) is 0 Å². The zero-order chi connectivity index (χ0) is 15.0. The van der Waals surface area contributed by atoms with Gasteiger partial charge in [0.2, 0.25) is 0 Å². The molecule has 0 spiro atoms. The maximum absolute atomic E-state index is 13.3. The number of fused-ring (bicyclic) bond motifs is 1. The molecule has 4 nitrogen and oxygen atoms in total. The summed E-state index contributed by atoms with van der Waals surface area (Å²) in [5, 5.41) is 9.79. The highest BCUT2D eigenvalue weighted by Gasteiger charge is 2.26. The van der Waals surface area contributed by atoms with Gasteiger partial charge in [-0.25, -0.2) is 4.39 Å². The number of carbonyl (C=O) groups excluding carboxylic acids is 1. The Morgan fingerprint density at radius 1 is 1.29 bits per heavy atom. The maximum atomic E-state index is 13.3. The molecule has 0 atom stereocenters. The number of nitrogen functional groups attached to an aromatic ring is 1. The van der Waals surface area contributed by atoms with E-state index in [4.69, 9.17) is 5.73 Å². The van der Waals surface area contributed by atoms with Gasteiger partial charge < -0.3 is 15.7 Å². The molecule has 0 fully saturated rings. The summed E-state index contributed by atoms with van der Waals surface area (Å²) >= 11 is 1.64. The lowest BCUT2D eigenvalue weighted by Crippen LogP contribution is -2.35. The number of thioether (sulfide) groups is 1. The Morgan fingerprint density at radius 3 is 2.90 bits per heavy atom. The third kappa shape index (κ3) is 2.54. The quantitative estimate of drug-likeness (QED) is 0.795. The number of carbonyl (C=O) groups is 1. The van der Waals surface area contributed by atoms with Crippen molar-refractivity contribution in [3.63, 3.8) is 0 Å². The van der Waals surface area contributed by atoms with Gasteiger partial charge in [0.1, 0.15) is 11.6 Å². The van der Waals surface area contributed by atoms with Crippen molar-refractivity contribution in [1.82, 2.24) is 0 Å². The SMILES string of the molecule is Nc1ccc2c(c1)N(C(=O)c1cc(F)ccc1O)CCS2. The molecule has 1 amide bonds. The topological polar surface area (TPSA) is 66.6 Å². The molecule has 2 aromatic carbocycles. The summed E-state index contributed by atoms with van der Waals surface area (Å²) in [6, 6.07) is 8.70. The fourth-order valence-corrected chi connectivity index (χ4v) is 3.25. The average molecular weight is 304 g/mol. The van der Waals surface area contributed by atoms with Crippen molar-refractivity contribution in [3.05, 3.63) is 47.8 Å². The van der Waals surface area contributed by atoms with Crippen molar-refractivity contribution in [2.45, 2.75) is 4.90 Å². The third-order valence-corrected chi connectivity index (χ3v) is 4.32. The second-order valence-electron chi connectivity index (χ2n) is 4.69. The first kappa shape index (κ1) is 13.8. The van der Waals surface area contributed by atoms with E-state index >= 15 is 0 Å². The van der Waals surface area contributed by atoms with E-state index in [-0.39, 0.29) is 11.3 Å². The molecule has 0 unspecified atom stereocenters. The zero-order valence-electron chi connectivity index (χ0n) is 11.0. The molecule has 2 aromatic rings. The van der Waals surface area contributed by atoms with Gasteiger partial charge in [-0.15, -0.1) is 11.8 Å². The number of benzene rings is 2. The molecule has 3 N–H and O–H groups in total. The number of nitrogens with zero attached hydrogens (tertiary/aromatic N) is 1. The van der Waals surface area contributed by atoms with Crippen LogP contribution >= 0.6 is 11.8 Å². The highest BCUT2D eigenvalue weighted by molar-refractivity contribution is 7.99. The lowest BCUT2D eigenvalue weighted by molar-refractivity contribution is 0.0984. The van der Waals surface area contributed by atoms with Gasteiger partial charge >= 0.3 is 0 Å². The number of amides is 1. The lowest BCUT2D eigenvalue weighted by Gasteiger charge is -2.29.